The number of sulfonamides is 1. The average Bonchev–Trinajstić information content (AvgIpc) is 2.48. The molecule has 116 valence electrons. The molecule has 1 saturated carbocycles. The summed E-state index contributed by atoms with van der Waals surface area (Å²) >= 11 is 0. The average molecular weight is 309 g/mol. The van der Waals surface area contributed by atoms with Crippen molar-refractivity contribution in [2.45, 2.75) is 50.0 Å². The molecule has 1 aliphatic carbocycles. The number of piperidine rings is 1. The van der Waals surface area contributed by atoms with E-state index in [0.29, 0.717) is 18.4 Å². The summed E-state index contributed by atoms with van der Waals surface area (Å²) in [5.41, 5.74) is 5.79. The number of hydrogen-bond acceptors (Lipinski definition) is 4. The number of rotatable bonds is 2. The SMILES string of the molecule is CC1CCN(S(=O)(=O)c2cccnc2N)C2CCCCC12. The highest BCUT2D eigenvalue weighted by Crippen LogP contribution is 2.41. The predicted octanol–water partition coefficient (Wildman–Crippen LogP) is 2.25. The molecular formula is C15H23N3O2S. The van der Waals surface area contributed by atoms with Crippen molar-refractivity contribution in [2.24, 2.45) is 11.8 Å². The molecule has 0 aromatic carbocycles. The number of anilines is 1. The van der Waals surface area contributed by atoms with E-state index in [4.69, 9.17) is 5.73 Å². The highest BCUT2D eigenvalue weighted by Gasteiger charge is 2.43. The van der Waals surface area contributed by atoms with E-state index in [0.717, 1.165) is 25.7 Å². The van der Waals surface area contributed by atoms with E-state index in [1.54, 1.807) is 16.4 Å². The Morgan fingerprint density at radius 1 is 1.29 bits per heavy atom. The minimum atomic E-state index is -3.54. The zero-order chi connectivity index (χ0) is 15.0. The second-order valence-electron chi connectivity index (χ2n) is 6.28. The monoisotopic (exact) mass is 309 g/mol. The summed E-state index contributed by atoms with van der Waals surface area (Å²) in [7, 11) is -3.54. The van der Waals surface area contributed by atoms with Crippen LogP contribution in [0.5, 0.6) is 0 Å². The summed E-state index contributed by atoms with van der Waals surface area (Å²) in [6.07, 6.45) is 6.89. The lowest BCUT2D eigenvalue weighted by Gasteiger charge is -2.46. The van der Waals surface area contributed by atoms with Gasteiger partial charge in [0.25, 0.3) is 0 Å². The van der Waals surface area contributed by atoms with Crippen molar-refractivity contribution in [3.8, 4) is 0 Å². The van der Waals surface area contributed by atoms with Gasteiger partial charge in [0.1, 0.15) is 10.7 Å². The van der Waals surface area contributed by atoms with E-state index in [1.165, 1.54) is 12.6 Å². The van der Waals surface area contributed by atoms with Gasteiger partial charge in [-0.15, -0.1) is 0 Å². The predicted molar refractivity (Wildman–Crippen MR) is 82.1 cm³/mol. The van der Waals surface area contributed by atoms with E-state index in [1.807, 2.05) is 0 Å². The minimum absolute atomic E-state index is 0.100. The van der Waals surface area contributed by atoms with Gasteiger partial charge in [-0.05, 0) is 43.2 Å². The Morgan fingerprint density at radius 3 is 2.81 bits per heavy atom. The topological polar surface area (TPSA) is 76.3 Å². The Morgan fingerprint density at radius 2 is 2.05 bits per heavy atom. The number of nitrogens with zero attached hydrogens (tertiary/aromatic N) is 2. The first-order valence-electron chi connectivity index (χ1n) is 7.74. The van der Waals surface area contributed by atoms with Crippen LogP contribution in [-0.4, -0.2) is 30.3 Å². The van der Waals surface area contributed by atoms with Gasteiger partial charge in [-0.1, -0.05) is 19.8 Å². The summed E-state index contributed by atoms with van der Waals surface area (Å²) in [4.78, 5) is 4.09. The lowest BCUT2D eigenvalue weighted by atomic mass is 9.74. The second kappa shape index (κ2) is 5.57. The second-order valence-corrected chi connectivity index (χ2v) is 8.14. The molecular weight excluding hydrogens is 286 g/mol. The van der Waals surface area contributed by atoms with E-state index >= 15 is 0 Å². The lowest BCUT2D eigenvalue weighted by molar-refractivity contribution is 0.0827. The molecule has 0 radical (unpaired) electrons. The van der Waals surface area contributed by atoms with Gasteiger partial charge in [-0.3, -0.25) is 0 Å². The van der Waals surface area contributed by atoms with Gasteiger partial charge in [0, 0.05) is 18.8 Å². The minimum Gasteiger partial charge on any atom is -0.383 e. The third-order valence-corrected chi connectivity index (χ3v) is 7.05. The van der Waals surface area contributed by atoms with Crippen LogP contribution in [0.2, 0.25) is 0 Å². The van der Waals surface area contributed by atoms with E-state index in [2.05, 4.69) is 11.9 Å². The Hall–Kier alpha value is -1.14. The van der Waals surface area contributed by atoms with E-state index in [-0.39, 0.29) is 16.8 Å². The maximum Gasteiger partial charge on any atom is 0.246 e. The molecule has 2 heterocycles. The number of pyridine rings is 1. The zero-order valence-electron chi connectivity index (χ0n) is 12.4. The summed E-state index contributed by atoms with van der Waals surface area (Å²) in [6.45, 7) is 2.85. The molecule has 6 heteroatoms. The molecule has 0 amide bonds. The number of hydrogen-bond donors (Lipinski definition) is 1. The van der Waals surface area contributed by atoms with Gasteiger partial charge in [0.15, 0.2) is 0 Å². The molecule has 3 atom stereocenters. The molecule has 21 heavy (non-hydrogen) atoms. The van der Waals surface area contributed by atoms with Gasteiger partial charge in [0.05, 0.1) is 0 Å². The molecule has 5 nitrogen and oxygen atoms in total. The first kappa shape index (κ1) is 14.8. The van der Waals surface area contributed by atoms with Crippen LogP contribution in [0.4, 0.5) is 5.82 Å². The first-order chi connectivity index (χ1) is 10.0. The van der Waals surface area contributed by atoms with Crippen LogP contribution in [0.3, 0.4) is 0 Å². The fourth-order valence-corrected chi connectivity index (χ4v) is 5.70. The van der Waals surface area contributed by atoms with Crippen molar-refractivity contribution in [2.75, 3.05) is 12.3 Å². The maximum atomic E-state index is 13.0. The van der Waals surface area contributed by atoms with Crippen LogP contribution in [0.1, 0.15) is 39.0 Å². The summed E-state index contributed by atoms with van der Waals surface area (Å²) in [5, 5.41) is 0. The molecule has 1 saturated heterocycles. The summed E-state index contributed by atoms with van der Waals surface area (Å²) in [5.74, 6) is 1.19. The van der Waals surface area contributed by atoms with Crippen molar-refractivity contribution < 1.29 is 8.42 Å². The van der Waals surface area contributed by atoms with Gasteiger partial charge >= 0.3 is 0 Å². The molecule has 2 N–H and O–H groups in total. The van der Waals surface area contributed by atoms with E-state index in [9.17, 15) is 8.42 Å². The normalized spacial score (nSPS) is 30.8. The molecule has 2 fully saturated rings. The Labute approximate surface area is 126 Å². The van der Waals surface area contributed by atoms with Crippen molar-refractivity contribution in [1.29, 1.82) is 0 Å². The molecule has 3 rings (SSSR count). The van der Waals surface area contributed by atoms with Gasteiger partial charge < -0.3 is 5.73 Å². The van der Waals surface area contributed by atoms with Gasteiger partial charge in [-0.2, -0.15) is 4.31 Å². The summed E-state index contributed by atoms with van der Waals surface area (Å²) < 4.78 is 27.6. The fraction of sp³-hybridized carbons (Fsp3) is 0.667. The molecule has 1 aromatic rings. The number of nitrogen functional groups attached to an aromatic ring is 1. The van der Waals surface area contributed by atoms with Crippen molar-refractivity contribution in [3.63, 3.8) is 0 Å². The number of aromatic nitrogens is 1. The standard InChI is InChI=1S/C15H23N3O2S/c1-11-8-10-18(13-6-3-2-5-12(11)13)21(19,20)14-7-4-9-17-15(14)16/h4,7,9,11-13H,2-3,5-6,8,10H2,1H3,(H2,16,17). The van der Waals surface area contributed by atoms with Crippen LogP contribution in [0.25, 0.3) is 0 Å². The van der Waals surface area contributed by atoms with Gasteiger partial charge in [-0.25, -0.2) is 13.4 Å². The summed E-state index contributed by atoms with van der Waals surface area (Å²) in [6, 6.07) is 3.33. The quantitative estimate of drug-likeness (QED) is 0.909. The Balaban J connectivity index is 1.97. The molecule has 0 bridgehead atoms. The zero-order valence-corrected chi connectivity index (χ0v) is 13.2. The smallest absolute Gasteiger partial charge is 0.246 e. The van der Waals surface area contributed by atoms with Gasteiger partial charge in [0.2, 0.25) is 10.0 Å². The van der Waals surface area contributed by atoms with Crippen LogP contribution in [0.15, 0.2) is 23.2 Å². The Bertz CT molecular complexity index is 617. The molecule has 1 aliphatic heterocycles. The maximum absolute atomic E-state index is 13.0. The van der Waals surface area contributed by atoms with Crippen LogP contribution >= 0.6 is 0 Å². The molecule has 0 spiro atoms. The fourth-order valence-electron chi connectivity index (χ4n) is 3.92. The third-order valence-electron chi connectivity index (χ3n) is 5.07. The molecule has 1 aromatic heterocycles. The largest absolute Gasteiger partial charge is 0.383 e. The number of nitrogens with two attached hydrogens (primary N) is 1. The van der Waals surface area contributed by atoms with Crippen LogP contribution < -0.4 is 5.73 Å². The van der Waals surface area contributed by atoms with E-state index < -0.39 is 10.0 Å². The van der Waals surface area contributed by atoms with Crippen molar-refractivity contribution >= 4 is 15.8 Å². The van der Waals surface area contributed by atoms with Crippen LogP contribution in [0, 0.1) is 11.8 Å². The molecule has 2 aliphatic rings. The third kappa shape index (κ3) is 2.55. The van der Waals surface area contributed by atoms with Crippen molar-refractivity contribution in [3.05, 3.63) is 18.3 Å². The lowest BCUT2D eigenvalue weighted by Crippen LogP contribution is -2.52. The first-order valence-corrected chi connectivity index (χ1v) is 9.18. The number of fused-ring (bicyclic) bond motifs is 1. The van der Waals surface area contributed by atoms with Crippen molar-refractivity contribution in [1.82, 2.24) is 9.29 Å². The highest BCUT2D eigenvalue weighted by molar-refractivity contribution is 7.89. The molecule has 3 unspecified atom stereocenters. The highest BCUT2D eigenvalue weighted by atomic mass is 32.2. The Kier molecular flexibility index (Phi) is 3.92. The van der Waals surface area contributed by atoms with Crippen LogP contribution in [-0.2, 0) is 10.0 Å².